The van der Waals surface area contributed by atoms with Crippen molar-refractivity contribution in [2.75, 3.05) is 5.32 Å². The molecule has 0 fully saturated rings. The third-order valence-corrected chi connectivity index (χ3v) is 5.21. The van der Waals surface area contributed by atoms with Crippen LogP contribution in [0.4, 0.5) is 5.69 Å². The quantitative estimate of drug-likeness (QED) is 0.620. The van der Waals surface area contributed by atoms with Crippen LogP contribution in [0.15, 0.2) is 72.1 Å². The molecule has 0 aliphatic heterocycles. The van der Waals surface area contributed by atoms with Crippen molar-refractivity contribution in [3.05, 3.63) is 88.1 Å². The van der Waals surface area contributed by atoms with Gasteiger partial charge in [-0.2, -0.15) is 0 Å². The molecule has 0 saturated carbocycles. The van der Waals surface area contributed by atoms with Gasteiger partial charge >= 0.3 is 0 Å². The second-order valence-corrected chi connectivity index (χ2v) is 7.31. The normalized spacial score (nSPS) is 11.6. The molecule has 27 heavy (non-hydrogen) atoms. The van der Waals surface area contributed by atoms with Gasteiger partial charge in [0.15, 0.2) is 0 Å². The third-order valence-electron chi connectivity index (χ3n) is 4.27. The maximum absolute atomic E-state index is 12.7. The zero-order valence-electron chi connectivity index (χ0n) is 15.1. The van der Waals surface area contributed by atoms with E-state index in [0.29, 0.717) is 24.1 Å². The lowest BCUT2D eigenvalue weighted by molar-refractivity contribution is -0.116. The molecule has 3 aromatic rings. The van der Waals surface area contributed by atoms with Gasteiger partial charge < -0.3 is 10.6 Å². The molecule has 0 aliphatic carbocycles. The van der Waals surface area contributed by atoms with Crippen LogP contribution >= 0.6 is 11.3 Å². The third kappa shape index (κ3) is 5.28. The second kappa shape index (κ2) is 9.14. The Hall–Kier alpha value is -2.92. The van der Waals surface area contributed by atoms with E-state index in [2.05, 4.69) is 10.6 Å². The lowest BCUT2D eigenvalue weighted by atomic mass is 10.1. The van der Waals surface area contributed by atoms with Crippen molar-refractivity contribution in [1.29, 1.82) is 0 Å². The highest BCUT2D eigenvalue weighted by Crippen LogP contribution is 2.19. The molecular formula is C22H22N2O2S. The molecule has 0 radical (unpaired) electrons. The number of thiophene rings is 1. The Bertz CT molecular complexity index is 892. The SMILES string of the molecule is CC(NC(=O)c1ccccc1NC(=O)CCc1cccs1)c1ccccc1. The molecule has 0 bridgehead atoms. The number of para-hydroxylation sites is 1. The van der Waals surface area contributed by atoms with Crippen molar-refractivity contribution in [1.82, 2.24) is 5.32 Å². The Morgan fingerprint density at radius 1 is 0.963 bits per heavy atom. The molecule has 1 unspecified atom stereocenters. The number of carbonyl (C=O) groups excluding carboxylic acids is 2. The first kappa shape index (κ1) is 18.9. The van der Waals surface area contributed by atoms with Crippen LogP contribution in [0.3, 0.4) is 0 Å². The summed E-state index contributed by atoms with van der Waals surface area (Å²) in [6.07, 6.45) is 1.08. The number of hydrogen-bond acceptors (Lipinski definition) is 3. The molecule has 3 rings (SSSR count). The highest BCUT2D eigenvalue weighted by Gasteiger charge is 2.16. The number of aryl methyl sites for hydroxylation is 1. The van der Waals surface area contributed by atoms with E-state index in [1.807, 2.05) is 60.8 Å². The van der Waals surface area contributed by atoms with Gasteiger partial charge in [-0.25, -0.2) is 0 Å². The predicted molar refractivity (Wildman–Crippen MR) is 110 cm³/mol. The molecule has 2 aromatic carbocycles. The summed E-state index contributed by atoms with van der Waals surface area (Å²) in [5.74, 6) is -0.305. The van der Waals surface area contributed by atoms with Crippen molar-refractivity contribution in [2.24, 2.45) is 0 Å². The Morgan fingerprint density at radius 2 is 1.70 bits per heavy atom. The summed E-state index contributed by atoms with van der Waals surface area (Å²) in [7, 11) is 0. The Balaban J connectivity index is 1.64. The minimum absolute atomic E-state index is 0.0974. The number of carbonyl (C=O) groups is 2. The topological polar surface area (TPSA) is 58.2 Å². The molecule has 1 aromatic heterocycles. The van der Waals surface area contributed by atoms with Gasteiger partial charge in [-0.1, -0.05) is 48.5 Å². The maximum Gasteiger partial charge on any atom is 0.253 e. The minimum Gasteiger partial charge on any atom is -0.345 e. The van der Waals surface area contributed by atoms with Crippen molar-refractivity contribution in [3.63, 3.8) is 0 Å². The molecule has 0 spiro atoms. The zero-order valence-corrected chi connectivity index (χ0v) is 16.0. The molecule has 0 saturated heterocycles. The van der Waals surface area contributed by atoms with Crippen LogP contribution in [0.5, 0.6) is 0 Å². The molecule has 1 atom stereocenters. The van der Waals surface area contributed by atoms with Gasteiger partial charge in [-0.3, -0.25) is 9.59 Å². The molecule has 0 aliphatic rings. The first-order valence-corrected chi connectivity index (χ1v) is 9.78. The summed E-state index contributed by atoms with van der Waals surface area (Å²) >= 11 is 1.64. The highest BCUT2D eigenvalue weighted by atomic mass is 32.1. The van der Waals surface area contributed by atoms with Gasteiger partial charge in [0.1, 0.15) is 0 Å². The Labute approximate surface area is 163 Å². The Morgan fingerprint density at radius 3 is 2.44 bits per heavy atom. The van der Waals surface area contributed by atoms with Crippen LogP contribution in [0.2, 0.25) is 0 Å². The summed E-state index contributed by atoms with van der Waals surface area (Å²) in [6.45, 7) is 1.94. The number of hydrogen-bond donors (Lipinski definition) is 2. The van der Waals surface area contributed by atoms with Crippen molar-refractivity contribution < 1.29 is 9.59 Å². The second-order valence-electron chi connectivity index (χ2n) is 6.28. The van der Waals surface area contributed by atoms with Gasteiger partial charge in [0.25, 0.3) is 5.91 Å². The van der Waals surface area contributed by atoms with Crippen molar-refractivity contribution in [2.45, 2.75) is 25.8 Å². The fraction of sp³-hybridized carbons (Fsp3) is 0.182. The molecular weight excluding hydrogens is 356 g/mol. The van der Waals surface area contributed by atoms with Crippen LogP contribution in [0.1, 0.15) is 40.2 Å². The van der Waals surface area contributed by atoms with Crippen LogP contribution < -0.4 is 10.6 Å². The summed E-state index contributed by atoms with van der Waals surface area (Å²) < 4.78 is 0. The smallest absolute Gasteiger partial charge is 0.253 e. The van der Waals surface area contributed by atoms with Gasteiger partial charge in [0.2, 0.25) is 5.91 Å². The van der Waals surface area contributed by atoms with Gasteiger partial charge in [0.05, 0.1) is 17.3 Å². The lowest BCUT2D eigenvalue weighted by Crippen LogP contribution is -2.28. The molecule has 4 nitrogen and oxygen atoms in total. The van der Waals surface area contributed by atoms with Gasteiger partial charge in [0, 0.05) is 11.3 Å². The lowest BCUT2D eigenvalue weighted by Gasteiger charge is -2.16. The molecule has 1 heterocycles. The van der Waals surface area contributed by atoms with E-state index in [0.717, 1.165) is 5.56 Å². The summed E-state index contributed by atoms with van der Waals surface area (Å²) in [5, 5.41) is 7.86. The van der Waals surface area contributed by atoms with E-state index in [-0.39, 0.29) is 17.9 Å². The highest BCUT2D eigenvalue weighted by molar-refractivity contribution is 7.09. The van der Waals surface area contributed by atoms with Crippen LogP contribution in [-0.4, -0.2) is 11.8 Å². The first-order valence-electron chi connectivity index (χ1n) is 8.90. The van der Waals surface area contributed by atoms with E-state index in [1.165, 1.54) is 4.88 Å². The van der Waals surface area contributed by atoms with Crippen LogP contribution in [0, 0.1) is 0 Å². The first-order chi connectivity index (χ1) is 13.1. The fourth-order valence-corrected chi connectivity index (χ4v) is 3.50. The summed E-state index contributed by atoms with van der Waals surface area (Å²) in [5.41, 5.74) is 2.03. The summed E-state index contributed by atoms with van der Waals surface area (Å²) in [6, 6.07) is 20.7. The van der Waals surface area contributed by atoms with Crippen LogP contribution in [0.25, 0.3) is 0 Å². The van der Waals surface area contributed by atoms with E-state index < -0.39 is 0 Å². The average Bonchev–Trinajstić information content (AvgIpc) is 3.21. The Kier molecular flexibility index (Phi) is 6.39. The van der Waals surface area contributed by atoms with Crippen molar-refractivity contribution >= 4 is 28.8 Å². The number of amides is 2. The van der Waals surface area contributed by atoms with E-state index in [4.69, 9.17) is 0 Å². The minimum atomic E-state index is -0.208. The summed E-state index contributed by atoms with van der Waals surface area (Å²) in [4.78, 5) is 26.2. The van der Waals surface area contributed by atoms with E-state index in [1.54, 1.807) is 29.5 Å². The molecule has 2 N–H and O–H groups in total. The van der Waals surface area contributed by atoms with E-state index in [9.17, 15) is 9.59 Å². The van der Waals surface area contributed by atoms with Gasteiger partial charge in [-0.15, -0.1) is 11.3 Å². The number of benzene rings is 2. The van der Waals surface area contributed by atoms with Crippen molar-refractivity contribution in [3.8, 4) is 0 Å². The average molecular weight is 378 g/mol. The monoisotopic (exact) mass is 378 g/mol. The maximum atomic E-state index is 12.7. The largest absolute Gasteiger partial charge is 0.345 e. The molecule has 138 valence electrons. The molecule has 5 heteroatoms. The zero-order chi connectivity index (χ0) is 19.1. The number of rotatable bonds is 7. The molecule has 2 amide bonds. The van der Waals surface area contributed by atoms with Crippen LogP contribution in [-0.2, 0) is 11.2 Å². The number of anilines is 1. The van der Waals surface area contributed by atoms with E-state index >= 15 is 0 Å². The standard InChI is InChI=1S/C22H22N2O2S/c1-16(17-8-3-2-4-9-17)23-22(26)19-11-5-6-12-20(19)24-21(25)14-13-18-10-7-15-27-18/h2-12,15-16H,13-14H2,1H3,(H,23,26)(H,24,25). The predicted octanol–water partition coefficient (Wildman–Crippen LogP) is 4.81. The fourth-order valence-electron chi connectivity index (χ4n) is 2.79. The van der Waals surface area contributed by atoms with Gasteiger partial charge in [-0.05, 0) is 42.5 Å². The number of nitrogens with one attached hydrogen (secondary N) is 2.